The number of aryl methyl sites for hydroxylation is 1. The first-order chi connectivity index (χ1) is 11.4. The Morgan fingerprint density at radius 1 is 1.09 bits per heavy atom. The molecule has 23 heavy (non-hydrogen) atoms. The third-order valence-corrected chi connectivity index (χ3v) is 4.69. The number of rotatable bonds is 2. The van der Waals surface area contributed by atoms with Crippen LogP contribution in [0, 0.1) is 6.92 Å². The van der Waals surface area contributed by atoms with E-state index in [2.05, 4.69) is 43.1 Å². The van der Waals surface area contributed by atoms with Gasteiger partial charge in [0.15, 0.2) is 5.58 Å². The van der Waals surface area contributed by atoms with Gasteiger partial charge in [-0.1, -0.05) is 30.3 Å². The van der Waals surface area contributed by atoms with E-state index in [0.29, 0.717) is 0 Å². The van der Waals surface area contributed by atoms with E-state index in [9.17, 15) is 0 Å². The lowest BCUT2D eigenvalue weighted by Gasteiger charge is -2.33. The summed E-state index contributed by atoms with van der Waals surface area (Å²) >= 11 is 0. The maximum Gasteiger partial charge on any atom is 0.159 e. The number of fused-ring (bicyclic) bond motifs is 3. The van der Waals surface area contributed by atoms with Crippen molar-refractivity contribution in [3.8, 4) is 0 Å². The molecular weight excluding hydrogens is 284 g/mol. The molecule has 0 spiro atoms. The topological polar surface area (TPSA) is 19.6 Å². The van der Waals surface area contributed by atoms with Crippen molar-refractivity contribution in [1.82, 2.24) is 4.90 Å². The summed E-state index contributed by atoms with van der Waals surface area (Å²) in [6, 6.07) is 11.8. The van der Waals surface area contributed by atoms with Crippen LogP contribution in [-0.4, -0.2) is 17.1 Å². The highest BCUT2D eigenvalue weighted by Gasteiger charge is 2.28. The second-order valence-electron chi connectivity index (χ2n) is 6.40. The summed E-state index contributed by atoms with van der Waals surface area (Å²) < 4.78 is 14.5. The molecule has 0 radical (unpaired) electrons. The molecule has 4 rings (SSSR count). The molecule has 0 aliphatic carbocycles. The minimum atomic E-state index is -0.666. The molecule has 3 nitrogen and oxygen atoms in total. The third kappa shape index (κ3) is 2.03. The van der Waals surface area contributed by atoms with Crippen LogP contribution in [0.25, 0.3) is 21.9 Å². The summed E-state index contributed by atoms with van der Waals surface area (Å²) in [7, 11) is 0. The minimum absolute atomic E-state index is 0.0648. The van der Waals surface area contributed by atoms with Crippen LogP contribution >= 0.6 is 0 Å². The van der Waals surface area contributed by atoms with Crippen molar-refractivity contribution in [2.24, 2.45) is 0 Å². The molecule has 0 amide bonds. The van der Waals surface area contributed by atoms with Gasteiger partial charge in [0.05, 0.1) is 7.06 Å². The fourth-order valence-electron chi connectivity index (χ4n) is 3.50. The Kier molecular flexibility index (Phi) is 2.87. The van der Waals surface area contributed by atoms with Crippen LogP contribution in [0.2, 0.25) is 0 Å². The van der Waals surface area contributed by atoms with E-state index in [1.807, 2.05) is 43.1 Å². The molecule has 1 aliphatic heterocycles. The first-order valence-corrected chi connectivity index (χ1v) is 8.04. The first kappa shape index (κ1) is 13.1. The van der Waals surface area contributed by atoms with E-state index in [4.69, 9.17) is 5.79 Å². The van der Waals surface area contributed by atoms with Gasteiger partial charge in [0.1, 0.15) is 11.7 Å². The quantitative estimate of drug-likeness (QED) is 0.645. The zero-order valence-corrected chi connectivity index (χ0v) is 14.0. The third-order valence-electron chi connectivity index (χ3n) is 4.69. The lowest BCUT2D eigenvalue weighted by Crippen LogP contribution is -2.39. The molecule has 1 aliphatic rings. The normalized spacial score (nSPS) is 19.1. The Bertz CT molecular complexity index is 951. The zero-order chi connectivity index (χ0) is 17.1. The largest absolute Gasteiger partial charge is 0.454 e. The number of para-hydroxylation sites is 1. The molecule has 3 aromatic rings. The lowest BCUT2D eigenvalue weighted by molar-refractivity contribution is 0.263. The van der Waals surface area contributed by atoms with Gasteiger partial charge in [0.2, 0.25) is 0 Å². The molecule has 0 unspecified atom stereocenters. The van der Waals surface area contributed by atoms with Gasteiger partial charge in [-0.2, -0.15) is 0 Å². The molecule has 2 aromatic carbocycles. The van der Waals surface area contributed by atoms with E-state index in [-0.39, 0.29) is 6.17 Å². The van der Waals surface area contributed by atoms with E-state index >= 15 is 0 Å². The molecule has 0 saturated heterocycles. The van der Waals surface area contributed by atoms with Crippen molar-refractivity contribution >= 4 is 27.6 Å². The maximum absolute atomic E-state index is 8.34. The highest BCUT2D eigenvalue weighted by Crippen LogP contribution is 2.39. The van der Waals surface area contributed by atoms with Crippen molar-refractivity contribution in [1.29, 1.82) is 0 Å². The fraction of sp³-hybridized carbons (Fsp3) is 0.300. The molecule has 0 bridgehead atoms. The fourth-order valence-corrected chi connectivity index (χ4v) is 3.50. The summed E-state index contributed by atoms with van der Waals surface area (Å²) in [5.41, 5.74) is 4.08. The number of hydrogen-bond donors (Lipinski definition) is 0. The van der Waals surface area contributed by atoms with Crippen LogP contribution in [0.3, 0.4) is 0 Å². The average Bonchev–Trinajstić information content (AvgIpc) is 3.07. The van der Waals surface area contributed by atoms with Gasteiger partial charge in [-0.3, -0.25) is 0 Å². The Morgan fingerprint density at radius 2 is 1.87 bits per heavy atom. The monoisotopic (exact) mass is 307 g/mol. The number of benzene rings is 2. The van der Waals surface area contributed by atoms with Crippen LogP contribution in [0.5, 0.6) is 0 Å². The van der Waals surface area contributed by atoms with E-state index in [1.165, 1.54) is 5.56 Å². The molecule has 2 heterocycles. The smallest absolute Gasteiger partial charge is 0.159 e. The Morgan fingerprint density at radius 3 is 2.61 bits per heavy atom. The van der Waals surface area contributed by atoms with Crippen LogP contribution < -0.4 is 4.90 Å². The molecule has 0 N–H and O–H groups in total. The van der Waals surface area contributed by atoms with Gasteiger partial charge in [0, 0.05) is 29.2 Å². The summed E-state index contributed by atoms with van der Waals surface area (Å²) in [6.07, 6.45) is 4.11. The summed E-state index contributed by atoms with van der Waals surface area (Å²) in [5.74, 6) is 0. The zero-order valence-electron chi connectivity index (χ0n) is 15.0. The van der Waals surface area contributed by atoms with Gasteiger partial charge >= 0.3 is 0 Å². The Balaban J connectivity index is 1.91. The van der Waals surface area contributed by atoms with E-state index in [0.717, 1.165) is 27.6 Å². The van der Waals surface area contributed by atoms with Crippen LogP contribution in [0.15, 0.2) is 53.2 Å². The summed E-state index contributed by atoms with van der Waals surface area (Å²) in [5, 5.41) is 2.28. The van der Waals surface area contributed by atoms with E-state index < -0.39 is 6.02 Å². The van der Waals surface area contributed by atoms with Crippen LogP contribution in [-0.2, 0) is 0 Å². The van der Waals surface area contributed by atoms with Gasteiger partial charge in [-0.25, -0.2) is 0 Å². The Labute approximate surface area is 138 Å². The van der Waals surface area contributed by atoms with Crippen molar-refractivity contribution in [3.63, 3.8) is 0 Å². The highest BCUT2D eigenvalue weighted by atomic mass is 16.3. The maximum atomic E-state index is 8.34. The van der Waals surface area contributed by atoms with Crippen molar-refractivity contribution < 1.29 is 5.79 Å². The predicted molar refractivity (Wildman–Crippen MR) is 96.5 cm³/mol. The average molecular weight is 307 g/mol. The molecule has 1 aromatic heterocycles. The molecule has 0 saturated carbocycles. The SMILES string of the molecule is [2H]C(C)(C)N1C=CN(c2c(C)ccc3c2oc2ccccc23)[C@H]1C. The number of anilines is 1. The Hall–Kier alpha value is -2.42. The van der Waals surface area contributed by atoms with Crippen LogP contribution in [0.1, 0.15) is 27.7 Å². The van der Waals surface area contributed by atoms with Gasteiger partial charge in [-0.05, 0) is 39.3 Å². The molecule has 118 valence electrons. The van der Waals surface area contributed by atoms with Gasteiger partial charge in [-0.15, -0.1) is 0 Å². The van der Waals surface area contributed by atoms with Gasteiger partial charge in [0.25, 0.3) is 0 Å². The number of furan rings is 1. The summed E-state index contributed by atoms with van der Waals surface area (Å²) in [6.45, 7) is 8.05. The molecule has 3 heteroatoms. The summed E-state index contributed by atoms with van der Waals surface area (Å²) in [4.78, 5) is 4.25. The van der Waals surface area contributed by atoms with Crippen LogP contribution in [0.4, 0.5) is 5.69 Å². The van der Waals surface area contributed by atoms with Gasteiger partial charge < -0.3 is 14.2 Å². The van der Waals surface area contributed by atoms with Crippen molar-refractivity contribution in [2.75, 3.05) is 4.90 Å². The van der Waals surface area contributed by atoms with Crippen molar-refractivity contribution in [2.45, 2.75) is 39.9 Å². The number of nitrogens with zero attached hydrogens (tertiary/aromatic N) is 2. The standard InChI is InChI=1S/C20H22N2O/c1-13(2)21-11-12-22(15(21)4)19-14(3)9-10-17-16-7-5-6-8-18(16)23-20(17)19/h5-13,15H,1-4H3/t15-/m0/s1/i13D. The van der Waals surface area contributed by atoms with Crippen molar-refractivity contribution in [3.05, 3.63) is 54.4 Å². The van der Waals surface area contributed by atoms with E-state index in [1.54, 1.807) is 0 Å². The molecular formula is C20H22N2O. The number of hydrogen-bond acceptors (Lipinski definition) is 3. The molecule has 0 fully saturated rings. The first-order valence-electron chi connectivity index (χ1n) is 8.54. The highest BCUT2D eigenvalue weighted by molar-refractivity contribution is 6.09. The molecule has 1 atom stereocenters. The second kappa shape index (κ2) is 5.05. The second-order valence-corrected chi connectivity index (χ2v) is 6.40. The predicted octanol–water partition coefficient (Wildman–Crippen LogP) is 5.24. The minimum Gasteiger partial charge on any atom is -0.454 e. The lowest BCUT2D eigenvalue weighted by atomic mass is 10.1.